The fourth-order valence-corrected chi connectivity index (χ4v) is 4.23. The smallest absolute Gasteiger partial charge is 0.248 e. The summed E-state index contributed by atoms with van der Waals surface area (Å²) in [6, 6.07) is 9.76. The van der Waals surface area contributed by atoms with Crippen LogP contribution in [0.2, 0.25) is 0 Å². The lowest BCUT2D eigenvalue weighted by Crippen LogP contribution is -2.34. The number of hydrogen-bond donors (Lipinski definition) is 1. The molecule has 1 saturated heterocycles. The zero-order chi connectivity index (χ0) is 25.4. The lowest BCUT2D eigenvalue weighted by atomic mass is 9.89. The molecule has 4 nitrogen and oxygen atoms in total. The Bertz CT molecular complexity index is 818. The van der Waals surface area contributed by atoms with Gasteiger partial charge in [0, 0.05) is 34.0 Å². The van der Waals surface area contributed by atoms with Crippen LogP contribution in [0.1, 0.15) is 94.4 Å². The van der Waals surface area contributed by atoms with Gasteiger partial charge in [0.15, 0.2) is 0 Å². The topological polar surface area (TPSA) is 59.2 Å². The first-order chi connectivity index (χ1) is 15.9. The molecule has 1 aromatic heterocycles. The van der Waals surface area contributed by atoms with E-state index < -0.39 is 0 Å². The summed E-state index contributed by atoms with van der Waals surface area (Å²) in [5.41, 5.74) is 10.8. The van der Waals surface area contributed by atoms with E-state index in [1.807, 2.05) is 85.0 Å². The van der Waals surface area contributed by atoms with Crippen LogP contribution in [-0.2, 0) is 0 Å². The molecule has 184 valence electrons. The molecule has 0 saturated carbocycles. The van der Waals surface area contributed by atoms with Crippen LogP contribution >= 0.6 is 15.9 Å². The second-order valence-electron chi connectivity index (χ2n) is 7.32. The van der Waals surface area contributed by atoms with Crippen LogP contribution in [0.4, 0.5) is 0 Å². The van der Waals surface area contributed by atoms with Crippen LogP contribution < -0.4 is 5.73 Å². The maximum atomic E-state index is 11.2. The van der Waals surface area contributed by atoms with Crippen molar-refractivity contribution in [3.8, 4) is 0 Å². The summed E-state index contributed by atoms with van der Waals surface area (Å²) in [6.07, 6.45) is 6.34. The number of carbonyl (C=O) groups excluding carboxylic acids is 1. The minimum atomic E-state index is -0.367. The van der Waals surface area contributed by atoms with Gasteiger partial charge in [-0.05, 0) is 69.5 Å². The first kappa shape index (κ1) is 31.0. The number of nitrogens with two attached hydrogens (primary N) is 1. The number of aromatic nitrogens is 1. The van der Waals surface area contributed by atoms with Gasteiger partial charge in [-0.15, -0.1) is 0 Å². The zero-order valence-corrected chi connectivity index (χ0v) is 23.5. The van der Waals surface area contributed by atoms with Crippen molar-refractivity contribution in [2.75, 3.05) is 19.6 Å². The Hall–Kier alpha value is -1.98. The number of piperidine rings is 1. The molecule has 0 unspecified atom stereocenters. The van der Waals surface area contributed by atoms with Crippen molar-refractivity contribution in [1.29, 1.82) is 0 Å². The number of hydrogen-bond acceptors (Lipinski definition) is 3. The van der Waals surface area contributed by atoms with E-state index in [0.717, 1.165) is 42.6 Å². The monoisotopic (exact) mass is 517 g/mol. The molecule has 1 aliphatic rings. The van der Waals surface area contributed by atoms with Gasteiger partial charge in [-0.3, -0.25) is 14.7 Å². The second-order valence-corrected chi connectivity index (χ2v) is 8.17. The minimum Gasteiger partial charge on any atom is -0.366 e. The number of pyridine rings is 1. The van der Waals surface area contributed by atoms with E-state index in [0.29, 0.717) is 11.5 Å². The maximum Gasteiger partial charge on any atom is 0.248 e. The van der Waals surface area contributed by atoms with E-state index in [9.17, 15) is 4.79 Å². The Morgan fingerprint density at radius 2 is 1.61 bits per heavy atom. The van der Waals surface area contributed by atoms with E-state index in [-0.39, 0.29) is 5.91 Å². The molecule has 3 rings (SSSR count). The highest BCUT2D eigenvalue weighted by atomic mass is 79.9. The highest BCUT2D eigenvalue weighted by Crippen LogP contribution is 2.29. The Kier molecular flexibility index (Phi) is 16.4. The van der Waals surface area contributed by atoms with E-state index in [1.54, 1.807) is 0 Å². The molecule has 0 radical (unpaired) electrons. The average molecular weight is 519 g/mol. The molecule has 2 N–H and O–H groups in total. The van der Waals surface area contributed by atoms with Crippen LogP contribution in [0.5, 0.6) is 0 Å². The predicted octanol–water partition coefficient (Wildman–Crippen LogP) is 7.61. The average Bonchev–Trinajstić information content (AvgIpc) is 2.86. The van der Waals surface area contributed by atoms with E-state index >= 15 is 0 Å². The quantitative estimate of drug-likeness (QED) is 0.443. The third-order valence-corrected chi connectivity index (χ3v) is 5.95. The van der Waals surface area contributed by atoms with Crippen LogP contribution in [0, 0.1) is 6.92 Å². The number of halogens is 1. The maximum absolute atomic E-state index is 11.2. The van der Waals surface area contributed by atoms with Crippen LogP contribution in [0.15, 0.2) is 46.6 Å². The van der Waals surface area contributed by atoms with Crippen molar-refractivity contribution >= 4 is 27.9 Å². The summed E-state index contributed by atoms with van der Waals surface area (Å²) in [4.78, 5) is 18.1. The van der Waals surface area contributed by atoms with Gasteiger partial charge in [0.25, 0.3) is 0 Å². The fraction of sp³-hybridized carbons (Fsp3) is 0.500. The van der Waals surface area contributed by atoms with E-state index in [2.05, 4.69) is 38.8 Å². The summed E-state index contributed by atoms with van der Waals surface area (Å²) in [6.45, 7) is 19.4. The van der Waals surface area contributed by atoms with Gasteiger partial charge in [0.05, 0.1) is 0 Å². The SMILES string of the molecule is C/C(=C\c1c(Br)ccnc1C)CN1CCC(c2ccc(C(N)=O)cc2)CC1.CC.CC.CC. The molecule has 0 aliphatic carbocycles. The standard InChI is InChI=1S/C22H26BrN3O.3C2H6/c1-15(13-20-16(2)25-10-7-21(20)23)14-26-11-8-18(9-12-26)17-3-5-19(6-4-17)22(24)27;3*1-2/h3-7,10,13,18H,8-9,11-12,14H2,1-2H3,(H2,24,27);3*1-2H3/b15-13+;;;. The molecular weight excluding hydrogens is 474 g/mol. The molecule has 2 aromatic rings. The van der Waals surface area contributed by atoms with Crippen molar-refractivity contribution in [2.24, 2.45) is 5.73 Å². The van der Waals surface area contributed by atoms with E-state index in [1.165, 1.54) is 16.7 Å². The van der Waals surface area contributed by atoms with Gasteiger partial charge >= 0.3 is 0 Å². The van der Waals surface area contributed by atoms with Gasteiger partial charge in [-0.25, -0.2) is 0 Å². The number of rotatable bonds is 5. The fourth-order valence-electron chi connectivity index (χ4n) is 3.71. The first-order valence-electron chi connectivity index (χ1n) is 12.3. The van der Waals surface area contributed by atoms with Crippen molar-refractivity contribution in [1.82, 2.24) is 9.88 Å². The highest BCUT2D eigenvalue weighted by molar-refractivity contribution is 9.10. The van der Waals surface area contributed by atoms with Crippen LogP contribution in [0.25, 0.3) is 6.08 Å². The Morgan fingerprint density at radius 3 is 2.09 bits per heavy atom. The van der Waals surface area contributed by atoms with Gasteiger partial charge in [-0.2, -0.15) is 0 Å². The predicted molar refractivity (Wildman–Crippen MR) is 148 cm³/mol. The zero-order valence-electron chi connectivity index (χ0n) is 21.9. The molecule has 2 heterocycles. The van der Waals surface area contributed by atoms with Crippen molar-refractivity contribution in [3.63, 3.8) is 0 Å². The number of primary amides is 1. The molecule has 1 aliphatic heterocycles. The summed E-state index contributed by atoms with van der Waals surface area (Å²) in [5.74, 6) is 0.191. The molecule has 0 bridgehead atoms. The second kappa shape index (κ2) is 17.5. The lowest BCUT2D eigenvalue weighted by Gasteiger charge is -2.32. The molecule has 33 heavy (non-hydrogen) atoms. The molecular formula is C28H44BrN3O. The van der Waals surface area contributed by atoms with E-state index in [4.69, 9.17) is 5.73 Å². The molecule has 0 spiro atoms. The molecule has 1 amide bonds. The van der Waals surface area contributed by atoms with Gasteiger partial charge in [0.1, 0.15) is 0 Å². The van der Waals surface area contributed by atoms with Gasteiger partial charge in [-0.1, -0.05) is 81.3 Å². The third-order valence-electron chi connectivity index (χ3n) is 5.25. The number of aryl methyl sites for hydroxylation is 1. The Balaban J connectivity index is 0.00000158. The first-order valence-corrected chi connectivity index (χ1v) is 13.1. The molecule has 5 heteroatoms. The highest BCUT2D eigenvalue weighted by Gasteiger charge is 2.20. The summed E-state index contributed by atoms with van der Waals surface area (Å²) in [7, 11) is 0. The Labute approximate surface area is 210 Å². The number of likely N-dealkylation sites (tertiary alicyclic amines) is 1. The normalized spacial score (nSPS) is 14.0. The number of nitrogens with zero attached hydrogens (tertiary/aromatic N) is 2. The Morgan fingerprint density at radius 1 is 1.06 bits per heavy atom. The van der Waals surface area contributed by atoms with Crippen molar-refractivity contribution in [3.05, 3.63) is 69.0 Å². The largest absolute Gasteiger partial charge is 0.366 e. The minimum absolute atomic E-state index is 0.367. The number of carbonyl (C=O) groups is 1. The lowest BCUT2D eigenvalue weighted by molar-refractivity contribution is 0.1000. The summed E-state index contributed by atoms with van der Waals surface area (Å²) < 4.78 is 1.09. The van der Waals surface area contributed by atoms with Crippen molar-refractivity contribution in [2.45, 2.75) is 74.1 Å². The van der Waals surface area contributed by atoms with Gasteiger partial charge in [0.2, 0.25) is 5.91 Å². The summed E-state index contributed by atoms with van der Waals surface area (Å²) >= 11 is 3.62. The number of benzene rings is 1. The number of amides is 1. The van der Waals surface area contributed by atoms with Crippen molar-refractivity contribution < 1.29 is 4.79 Å². The van der Waals surface area contributed by atoms with Gasteiger partial charge < -0.3 is 5.73 Å². The van der Waals surface area contributed by atoms with Crippen LogP contribution in [0.3, 0.4) is 0 Å². The molecule has 0 atom stereocenters. The third kappa shape index (κ3) is 10.2. The summed E-state index contributed by atoms with van der Waals surface area (Å²) in [5, 5.41) is 0. The molecule has 1 aromatic carbocycles. The van der Waals surface area contributed by atoms with Crippen LogP contribution in [-0.4, -0.2) is 35.4 Å². The molecule has 1 fully saturated rings.